The predicted octanol–water partition coefficient (Wildman–Crippen LogP) is -6.64. The van der Waals surface area contributed by atoms with E-state index in [9.17, 15) is 4.57 Å². The van der Waals surface area contributed by atoms with Crippen LogP contribution >= 0.6 is 7.60 Å². The molecule has 48 valence electrons. The standard InChI is InChI=1S/C2H8NO3P.2K.2H/c3-1-2-7(4,5)6;;;;/h1-3H2,(H2,4,5,6);;;;/q;2*+1;2*-1. The summed E-state index contributed by atoms with van der Waals surface area (Å²) in [7, 11) is -3.79. The fraction of sp³-hybridized carbons (Fsp3) is 1.00. The molecule has 0 aliphatic heterocycles. The molecule has 4 N–H and O–H groups in total. The fourth-order valence-corrected chi connectivity index (χ4v) is 0.505. The number of hydrogen-bond donors (Lipinski definition) is 3. The fourth-order valence-electron chi connectivity index (χ4n) is 0.168. The van der Waals surface area contributed by atoms with Crippen LogP contribution in [0.25, 0.3) is 0 Å². The Morgan fingerprint density at radius 1 is 1.44 bits per heavy atom. The van der Waals surface area contributed by atoms with Gasteiger partial charge in [0, 0.05) is 6.54 Å². The Balaban J connectivity index is -0.0000000300. The number of hydrogen-bond acceptors (Lipinski definition) is 2. The van der Waals surface area contributed by atoms with Gasteiger partial charge in [0.2, 0.25) is 0 Å². The molecular formula is C2H10K2NO3P. The van der Waals surface area contributed by atoms with Crippen LogP contribution in [0.1, 0.15) is 2.85 Å². The smallest absolute Gasteiger partial charge is 1.00 e. The molecule has 0 aromatic carbocycles. The third kappa shape index (κ3) is 18.4. The second-order valence-electron chi connectivity index (χ2n) is 1.18. The Hall–Kier alpha value is 3.38. The molecule has 0 saturated carbocycles. The minimum Gasteiger partial charge on any atom is -1.00 e. The van der Waals surface area contributed by atoms with Gasteiger partial charge in [0.1, 0.15) is 0 Å². The van der Waals surface area contributed by atoms with E-state index in [0.717, 1.165) is 0 Å². The maximum atomic E-state index is 9.85. The monoisotopic (exact) mass is 205 g/mol. The molecule has 7 heteroatoms. The Morgan fingerprint density at radius 3 is 1.78 bits per heavy atom. The molecule has 0 aromatic heterocycles. The van der Waals surface area contributed by atoms with E-state index >= 15 is 0 Å². The minimum absolute atomic E-state index is 0. The molecule has 0 heterocycles. The zero-order valence-electron chi connectivity index (χ0n) is 7.74. The van der Waals surface area contributed by atoms with E-state index in [4.69, 9.17) is 15.5 Å². The van der Waals surface area contributed by atoms with Crippen LogP contribution in [0.15, 0.2) is 0 Å². The molecule has 0 saturated heterocycles. The first-order valence-electron chi connectivity index (χ1n) is 1.81. The number of nitrogens with two attached hydrogens (primary N) is 1. The van der Waals surface area contributed by atoms with Crippen molar-refractivity contribution < 1.29 is 120 Å². The van der Waals surface area contributed by atoms with Crippen LogP contribution in [-0.4, -0.2) is 22.5 Å². The summed E-state index contributed by atoms with van der Waals surface area (Å²) < 4.78 is 9.85. The molecule has 0 amide bonds. The third-order valence-corrected chi connectivity index (χ3v) is 1.26. The van der Waals surface area contributed by atoms with E-state index in [1.165, 1.54) is 0 Å². The summed E-state index contributed by atoms with van der Waals surface area (Å²) >= 11 is 0. The summed E-state index contributed by atoms with van der Waals surface area (Å²) in [6.07, 6.45) is -0.215. The summed E-state index contributed by atoms with van der Waals surface area (Å²) in [5, 5.41) is 0. The molecule has 0 aliphatic carbocycles. The maximum Gasteiger partial charge on any atom is 1.00 e. The van der Waals surface area contributed by atoms with Gasteiger partial charge in [0.25, 0.3) is 0 Å². The topological polar surface area (TPSA) is 83.6 Å². The average molecular weight is 205 g/mol. The zero-order valence-corrected chi connectivity index (χ0v) is 12.9. The van der Waals surface area contributed by atoms with Gasteiger partial charge in [-0.05, 0) is 0 Å². The van der Waals surface area contributed by atoms with Gasteiger partial charge in [-0.2, -0.15) is 0 Å². The first-order chi connectivity index (χ1) is 3.06. The van der Waals surface area contributed by atoms with E-state index < -0.39 is 7.60 Å². The van der Waals surface area contributed by atoms with E-state index in [-0.39, 0.29) is 118 Å². The Kier molecular flexibility index (Phi) is 19.2. The van der Waals surface area contributed by atoms with Crippen molar-refractivity contribution >= 4 is 7.60 Å². The Bertz CT molecular complexity index is 101. The van der Waals surface area contributed by atoms with Crippen LogP contribution in [0, 0.1) is 0 Å². The van der Waals surface area contributed by atoms with Crippen LogP contribution in [0.5, 0.6) is 0 Å². The molecular weight excluding hydrogens is 195 g/mol. The van der Waals surface area contributed by atoms with Crippen molar-refractivity contribution in [3.63, 3.8) is 0 Å². The van der Waals surface area contributed by atoms with Crippen molar-refractivity contribution in [2.24, 2.45) is 5.73 Å². The maximum absolute atomic E-state index is 9.85. The molecule has 0 fully saturated rings. The minimum atomic E-state index is -3.79. The first kappa shape index (κ1) is 18.2. The van der Waals surface area contributed by atoms with Crippen molar-refractivity contribution in [2.45, 2.75) is 0 Å². The summed E-state index contributed by atoms with van der Waals surface area (Å²) in [4.78, 5) is 16.1. The normalized spacial score (nSPS) is 9.22. The second-order valence-corrected chi connectivity index (χ2v) is 2.95. The molecule has 0 rings (SSSR count). The zero-order chi connectivity index (χ0) is 5.91. The summed E-state index contributed by atoms with van der Waals surface area (Å²) in [5.41, 5.74) is 4.82. The van der Waals surface area contributed by atoms with Crippen molar-refractivity contribution in [1.29, 1.82) is 0 Å². The summed E-state index contributed by atoms with van der Waals surface area (Å²) in [5.74, 6) is 0. The van der Waals surface area contributed by atoms with Gasteiger partial charge in [0.05, 0.1) is 6.16 Å². The van der Waals surface area contributed by atoms with Gasteiger partial charge in [-0.1, -0.05) is 0 Å². The van der Waals surface area contributed by atoms with Crippen LogP contribution in [-0.2, 0) is 4.57 Å². The molecule has 0 bridgehead atoms. The van der Waals surface area contributed by atoms with Crippen LogP contribution in [0.4, 0.5) is 0 Å². The van der Waals surface area contributed by atoms with Crippen molar-refractivity contribution in [2.75, 3.05) is 12.7 Å². The van der Waals surface area contributed by atoms with E-state index in [2.05, 4.69) is 0 Å². The van der Waals surface area contributed by atoms with Crippen LogP contribution in [0.3, 0.4) is 0 Å². The quantitative estimate of drug-likeness (QED) is 0.309. The van der Waals surface area contributed by atoms with Gasteiger partial charge in [-0.3, -0.25) is 4.57 Å². The predicted molar refractivity (Wildman–Crippen MR) is 28.2 cm³/mol. The van der Waals surface area contributed by atoms with Gasteiger partial charge in [-0.15, -0.1) is 0 Å². The van der Waals surface area contributed by atoms with Crippen LogP contribution < -0.4 is 109 Å². The molecule has 0 spiro atoms. The van der Waals surface area contributed by atoms with Gasteiger partial charge in [0.15, 0.2) is 0 Å². The Labute approximate surface area is 142 Å². The Morgan fingerprint density at radius 2 is 1.78 bits per heavy atom. The molecule has 9 heavy (non-hydrogen) atoms. The largest absolute Gasteiger partial charge is 1.00 e. The average Bonchev–Trinajstić information content (AvgIpc) is 1.30. The summed E-state index contributed by atoms with van der Waals surface area (Å²) in [6.45, 7) is 0.0459. The van der Waals surface area contributed by atoms with Gasteiger partial charge in [-0.25, -0.2) is 0 Å². The first-order valence-corrected chi connectivity index (χ1v) is 3.60. The molecule has 0 atom stereocenters. The second kappa shape index (κ2) is 9.47. The van der Waals surface area contributed by atoms with Gasteiger partial charge < -0.3 is 18.4 Å². The van der Waals surface area contributed by atoms with Crippen LogP contribution in [0.2, 0.25) is 0 Å². The SMILES string of the molecule is NCCP(=O)(O)O.[H-].[H-].[K+].[K+]. The van der Waals surface area contributed by atoms with Crippen molar-refractivity contribution in [3.8, 4) is 0 Å². The molecule has 4 nitrogen and oxygen atoms in total. The number of rotatable bonds is 2. The van der Waals surface area contributed by atoms with Crippen molar-refractivity contribution in [3.05, 3.63) is 0 Å². The summed E-state index contributed by atoms with van der Waals surface area (Å²) in [6, 6.07) is 0. The van der Waals surface area contributed by atoms with E-state index in [1.54, 1.807) is 0 Å². The van der Waals surface area contributed by atoms with Crippen molar-refractivity contribution in [1.82, 2.24) is 0 Å². The van der Waals surface area contributed by atoms with Gasteiger partial charge >= 0.3 is 110 Å². The molecule has 0 radical (unpaired) electrons. The molecule has 0 unspecified atom stereocenters. The van der Waals surface area contributed by atoms with E-state index in [0.29, 0.717) is 0 Å². The molecule has 0 aliphatic rings. The molecule has 0 aromatic rings. The third-order valence-electron chi connectivity index (χ3n) is 0.420. The van der Waals surface area contributed by atoms with E-state index in [1.807, 2.05) is 0 Å².